The number of benzene rings is 1. The van der Waals surface area contributed by atoms with Crippen LogP contribution in [0.2, 0.25) is 0 Å². The molecular weight excluding hydrogens is 208 g/mol. The first-order chi connectivity index (χ1) is 7.52. The van der Waals surface area contributed by atoms with Crippen LogP contribution in [0.1, 0.15) is 35.7 Å². The minimum atomic E-state index is -1.02. The first kappa shape index (κ1) is 12.4. The van der Waals surface area contributed by atoms with Gasteiger partial charge in [-0.3, -0.25) is 0 Å². The molecule has 0 bridgehead atoms. The number of carboxylic acids is 1. The third kappa shape index (κ3) is 2.10. The summed E-state index contributed by atoms with van der Waals surface area (Å²) in [6, 6.07) is 3.30. The molecule has 1 aromatic rings. The Balaban J connectivity index is 3.46. The number of rotatable bonds is 4. The molecule has 1 aromatic carbocycles. The van der Waals surface area contributed by atoms with E-state index in [1.165, 1.54) is 14.2 Å². The minimum Gasteiger partial charge on any atom is -0.493 e. The Hall–Kier alpha value is -1.71. The highest BCUT2D eigenvalue weighted by Crippen LogP contribution is 2.38. The molecule has 0 aliphatic carbocycles. The first-order valence-electron chi connectivity index (χ1n) is 5.01. The Morgan fingerprint density at radius 2 is 1.75 bits per heavy atom. The van der Waals surface area contributed by atoms with Crippen LogP contribution in [0.5, 0.6) is 11.5 Å². The fourth-order valence-electron chi connectivity index (χ4n) is 1.61. The Morgan fingerprint density at radius 3 is 2.12 bits per heavy atom. The summed E-state index contributed by atoms with van der Waals surface area (Å²) in [6.45, 7) is 4.02. The van der Waals surface area contributed by atoms with E-state index in [1.807, 2.05) is 13.8 Å². The van der Waals surface area contributed by atoms with Crippen molar-refractivity contribution in [2.24, 2.45) is 0 Å². The molecule has 16 heavy (non-hydrogen) atoms. The van der Waals surface area contributed by atoms with E-state index in [2.05, 4.69) is 0 Å². The molecule has 0 unspecified atom stereocenters. The van der Waals surface area contributed by atoms with Crippen LogP contribution < -0.4 is 9.47 Å². The molecule has 0 radical (unpaired) electrons. The Bertz CT molecular complexity index is 396. The molecule has 0 heterocycles. The van der Waals surface area contributed by atoms with E-state index in [1.54, 1.807) is 12.1 Å². The van der Waals surface area contributed by atoms with Gasteiger partial charge in [0.1, 0.15) is 5.56 Å². The molecule has 0 saturated carbocycles. The number of hydrogen-bond donors (Lipinski definition) is 1. The van der Waals surface area contributed by atoms with Gasteiger partial charge in [-0.05, 0) is 12.0 Å². The molecule has 0 aliphatic rings. The fourth-order valence-corrected chi connectivity index (χ4v) is 1.61. The highest BCUT2D eigenvalue weighted by molar-refractivity contribution is 5.92. The van der Waals surface area contributed by atoms with Crippen molar-refractivity contribution in [3.8, 4) is 11.5 Å². The predicted molar refractivity (Wildman–Crippen MR) is 60.6 cm³/mol. The summed E-state index contributed by atoms with van der Waals surface area (Å²) >= 11 is 0. The van der Waals surface area contributed by atoms with Gasteiger partial charge >= 0.3 is 5.97 Å². The van der Waals surface area contributed by atoms with Crippen LogP contribution in [0.25, 0.3) is 0 Å². The Morgan fingerprint density at radius 1 is 1.19 bits per heavy atom. The van der Waals surface area contributed by atoms with E-state index >= 15 is 0 Å². The number of carbonyl (C=O) groups is 1. The molecule has 0 spiro atoms. The van der Waals surface area contributed by atoms with Crippen molar-refractivity contribution in [1.29, 1.82) is 0 Å². The van der Waals surface area contributed by atoms with Gasteiger partial charge in [0.05, 0.1) is 14.2 Å². The van der Waals surface area contributed by atoms with Crippen molar-refractivity contribution in [1.82, 2.24) is 0 Å². The van der Waals surface area contributed by atoms with Crippen molar-refractivity contribution in [2.75, 3.05) is 14.2 Å². The van der Waals surface area contributed by atoms with E-state index in [-0.39, 0.29) is 17.2 Å². The maximum Gasteiger partial charge on any atom is 0.339 e. The number of aromatic carboxylic acids is 1. The molecule has 0 aliphatic heterocycles. The molecule has 0 aromatic heterocycles. The predicted octanol–water partition coefficient (Wildman–Crippen LogP) is 2.53. The summed E-state index contributed by atoms with van der Waals surface area (Å²) in [5, 5.41) is 9.01. The van der Waals surface area contributed by atoms with Gasteiger partial charge in [-0.15, -0.1) is 0 Å². The summed E-state index contributed by atoms with van der Waals surface area (Å²) in [5.74, 6) is -0.00393. The van der Waals surface area contributed by atoms with Crippen LogP contribution >= 0.6 is 0 Å². The lowest BCUT2D eigenvalue weighted by molar-refractivity contribution is 0.0692. The van der Waals surface area contributed by atoms with Gasteiger partial charge < -0.3 is 14.6 Å². The maximum atomic E-state index is 11.0. The van der Waals surface area contributed by atoms with Crippen molar-refractivity contribution in [2.45, 2.75) is 19.8 Å². The monoisotopic (exact) mass is 224 g/mol. The molecule has 1 N–H and O–H groups in total. The van der Waals surface area contributed by atoms with Crippen molar-refractivity contribution < 1.29 is 19.4 Å². The highest BCUT2D eigenvalue weighted by atomic mass is 16.5. The Labute approximate surface area is 94.8 Å². The van der Waals surface area contributed by atoms with Crippen LogP contribution in [-0.4, -0.2) is 25.3 Å². The molecule has 0 atom stereocenters. The van der Waals surface area contributed by atoms with Gasteiger partial charge in [0.2, 0.25) is 0 Å². The highest BCUT2D eigenvalue weighted by Gasteiger charge is 2.20. The zero-order valence-corrected chi connectivity index (χ0v) is 9.90. The number of ether oxygens (including phenoxy) is 2. The third-order valence-corrected chi connectivity index (χ3v) is 2.40. The van der Waals surface area contributed by atoms with E-state index in [9.17, 15) is 4.79 Å². The van der Waals surface area contributed by atoms with Crippen LogP contribution in [-0.2, 0) is 0 Å². The molecule has 0 amide bonds. The molecular formula is C12H16O4. The largest absolute Gasteiger partial charge is 0.493 e. The average molecular weight is 224 g/mol. The smallest absolute Gasteiger partial charge is 0.339 e. The van der Waals surface area contributed by atoms with Gasteiger partial charge in [-0.2, -0.15) is 0 Å². The Kier molecular flexibility index (Phi) is 3.77. The zero-order chi connectivity index (χ0) is 12.3. The average Bonchev–Trinajstić information content (AvgIpc) is 2.26. The normalized spacial score (nSPS) is 10.3. The topological polar surface area (TPSA) is 55.8 Å². The summed E-state index contributed by atoms with van der Waals surface area (Å²) < 4.78 is 10.3. The molecule has 0 saturated heterocycles. The minimum absolute atomic E-state index is 0.115. The molecule has 88 valence electrons. The number of hydrogen-bond acceptors (Lipinski definition) is 3. The van der Waals surface area contributed by atoms with E-state index in [0.29, 0.717) is 5.75 Å². The maximum absolute atomic E-state index is 11.0. The van der Waals surface area contributed by atoms with Crippen LogP contribution in [0.3, 0.4) is 0 Å². The van der Waals surface area contributed by atoms with E-state index in [4.69, 9.17) is 14.6 Å². The lowest BCUT2D eigenvalue weighted by Crippen LogP contribution is -2.05. The standard InChI is InChI=1S/C12H16O4/c1-7(2)8-5-6-9(12(13)14)11(16-4)10(8)15-3/h5-7H,1-4H3,(H,13,14). The van der Waals surface area contributed by atoms with Gasteiger partial charge in [-0.1, -0.05) is 19.9 Å². The van der Waals surface area contributed by atoms with E-state index < -0.39 is 5.97 Å². The summed E-state index contributed by atoms with van der Waals surface area (Å²) in [6.07, 6.45) is 0. The van der Waals surface area contributed by atoms with Crippen LogP contribution in [0.4, 0.5) is 0 Å². The fraction of sp³-hybridized carbons (Fsp3) is 0.417. The summed E-state index contributed by atoms with van der Waals surface area (Å²) in [7, 11) is 2.95. The number of carboxylic acid groups (broad SMARTS) is 1. The zero-order valence-electron chi connectivity index (χ0n) is 9.90. The van der Waals surface area contributed by atoms with Crippen molar-refractivity contribution in [3.63, 3.8) is 0 Å². The van der Waals surface area contributed by atoms with Crippen LogP contribution in [0.15, 0.2) is 12.1 Å². The SMILES string of the molecule is COc1c(C(=O)O)ccc(C(C)C)c1OC. The van der Waals surface area contributed by atoms with Gasteiger partial charge in [0.25, 0.3) is 0 Å². The second-order valence-electron chi connectivity index (χ2n) is 3.73. The third-order valence-electron chi connectivity index (χ3n) is 2.40. The number of methoxy groups -OCH3 is 2. The molecule has 4 nitrogen and oxygen atoms in total. The second kappa shape index (κ2) is 4.88. The van der Waals surface area contributed by atoms with E-state index in [0.717, 1.165) is 5.56 Å². The van der Waals surface area contributed by atoms with Gasteiger partial charge in [0, 0.05) is 5.56 Å². The lowest BCUT2D eigenvalue weighted by atomic mass is 9.99. The van der Waals surface area contributed by atoms with Crippen molar-refractivity contribution >= 4 is 5.97 Å². The van der Waals surface area contributed by atoms with Crippen LogP contribution in [0, 0.1) is 0 Å². The van der Waals surface area contributed by atoms with Crippen molar-refractivity contribution in [3.05, 3.63) is 23.3 Å². The molecule has 1 rings (SSSR count). The first-order valence-corrected chi connectivity index (χ1v) is 5.01. The summed E-state index contributed by atoms with van der Waals surface area (Å²) in [4.78, 5) is 11.0. The molecule has 0 fully saturated rings. The molecule has 4 heteroatoms. The van der Waals surface area contributed by atoms with Gasteiger partial charge in [0.15, 0.2) is 11.5 Å². The second-order valence-corrected chi connectivity index (χ2v) is 3.73. The summed E-state index contributed by atoms with van der Waals surface area (Å²) in [5.41, 5.74) is 1.05. The van der Waals surface area contributed by atoms with Gasteiger partial charge in [-0.25, -0.2) is 4.79 Å². The quantitative estimate of drug-likeness (QED) is 0.853. The lowest BCUT2D eigenvalue weighted by Gasteiger charge is -2.16.